The molecule has 0 fully saturated rings. The summed E-state index contributed by atoms with van der Waals surface area (Å²) in [6.07, 6.45) is 1.68. The summed E-state index contributed by atoms with van der Waals surface area (Å²) in [5.74, 6) is 0. The number of benzene rings is 2. The molecular formula is C18H12N3O2S-. The molecule has 0 aliphatic rings. The third-order valence-corrected chi connectivity index (χ3v) is 4.46. The molecule has 0 aliphatic heterocycles. The van der Waals surface area contributed by atoms with Gasteiger partial charge in [-0.1, -0.05) is 42.5 Å². The molecule has 4 rings (SSSR count). The molecule has 0 saturated carbocycles. The maximum Gasteiger partial charge on any atom is 0.103 e. The van der Waals surface area contributed by atoms with E-state index in [0.29, 0.717) is 0 Å². The maximum absolute atomic E-state index is 11.1. The Labute approximate surface area is 140 Å². The molecule has 2 aromatic heterocycles. The SMILES string of the molecule is O=S([O-])c1ccc(-c2c(-c3ccccc3)nn3ncccc23)cc1. The summed E-state index contributed by atoms with van der Waals surface area (Å²) in [6, 6.07) is 20.4. The number of hydrogen-bond acceptors (Lipinski definition) is 4. The molecule has 2 heterocycles. The van der Waals surface area contributed by atoms with Gasteiger partial charge in [0.1, 0.15) is 5.69 Å². The van der Waals surface area contributed by atoms with Gasteiger partial charge in [-0.2, -0.15) is 9.73 Å². The topological polar surface area (TPSA) is 70.3 Å². The van der Waals surface area contributed by atoms with Gasteiger partial charge in [-0.25, -0.2) is 0 Å². The standard InChI is InChI=1S/C18H13N3O2S/c22-24(23)15-10-8-13(9-11-15)17-16-7-4-12-19-21(16)20-18(17)14-5-2-1-3-6-14/h1-12H,(H,22,23)/p-1. The van der Waals surface area contributed by atoms with Crippen molar-refractivity contribution in [1.82, 2.24) is 14.8 Å². The van der Waals surface area contributed by atoms with E-state index in [1.807, 2.05) is 42.5 Å². The van der Waals surface area contributed by atoms with E-state index in [1.165, 1.54) is 0 Å². The lowest BCUT2D eigenvalue weighted by Crippen LogP contribution is -1.91. The van der Waals surface area contributed by atoms with E-state index >= 15 is 0 Å². The van der Waals surface area contributed by atoms with Crippen LogP contribution in [0.5, 0.6) is 0 Å². The van der Waals surface area contributed by atoms with Crippen molar-refractivity contribution in [3.05, 3.63) is 72.9 Å². The van der Waals surface area contributed by atoms with Gasteiger partial charge in [0.05, 0.1) is 5.52 Å². The van der Waals surface area contributed by atoms with E-state index < -0.39 is 11.1 Å². The maximum atomic E-state index is 11.1. The van der Waals surface area contributed by atoms with Crippen molar-refractivity contribution in [3.63, 3.8) is 0 Å². The van der Waals surface area contributed by atoms with Crippen molar-refractivity contribution < 1.29 is 8.76 Å². The largest absolute Gasteiger partial charge is 0.768 e. The van der Waals surface area contributed by atoms with Crippen molar-refractivity contribution in [1.29, 1.82) is 0 Å². The third-order valence-electron chi connectivity index (χ3n) is 3.80. The number of fused-ring (bicyclic) bond motifs is 1. The van der Waals surface area contributed by atoms with Crippen LogP contribution in [0.3, 0.4) is 0 Å². The number of rotatable bonds is 3. The molecule has 1 unspecified atom stereocenters. The van der Waals surface area contributed by atoms with E-state index in [-0.39, 0.29) is 4.90 Å². The summed E-state index contributed by atoms with van der Waals surface area (Å²) in [6.45, 7) is 0. The highest BCUT2D eigenvalue weighted by atomic mass is 32.2. The monoisotopic (exact) mass is 334 g/mol. The molecule has 0 N–H and O–H groups in total. The van der Waals surface area contributed by atoms with Gasteiger partial charge in [0.15, 0.2) is 0 Å². The molecule has 1 atom stereocenters. The van der Waals surface area contributed by atoms with Crippen molar-refractivity contribution in [3.8, 4) is 22.4 Å². The van der Waals surface area contributed by atoms with Crippen LogP contribution in [0, 0.1) is 0 Å². The molecule has 0 amide bonds. The minimum Gasteiger partial charge on any atom is -0.768 e. The van der Waals surface area contributed by atoms with Crippen LogP contribution in [0.4, 0.5) is 0 Å². The van der Waals surface area contributed by atoms with Crippen LogP contribution in [-0.4, -0.2) is 23.6 Å². The van der Waals surface area contributed by atoms with Gasteiger partial charge in [0, 0.05) is 22.2 Å². The molecule has 0 aliphatic carbocycles. The average molecular weight is 334 g/mol. The molecule has 0 bridgehead atoms. The molecule has 0 spiro atoms. The molecule has 118 valence electrons. The smallest absolute Gasteiger partial charge is 0.103 e. The van der Waals surface area contributed by atoms with E-state index in [0.717, 1.165) is 27.9 Å². The predicted molar refractivity (Wildman–Crippen MR) is 91.0 cm³/mol. The summed E-state index contributed by atoms with van der Waals surface area (Å²) < 4.78 is 23.7. The Morgan fingerprint density at radius 2 is 1.62 bits per heavy atom. The van der Waals surface area contributed by atoms with Crippen LogP contribution in [0.1, 0.15) is 0 Å². The van der Waals surface area contributed by atoms with Gasteiger partial charge in [0.2, 0.25) is 0 Å². The first kappa shape index (κ1) is 14.7. The first-order valence-corrected chi connectivity index (χ1v) is 8.41. The van der Waals surface area contributed by atoms with E-state index in [1.54, 1.807) is 35.1 Å². The van der Waals surface area contributed by atoms with Gasteiger partial charge in [-0.15, -0.1) is 5.10 Å². The van der Waals surface area contributed by atoms with Crippen LogP contribution < -0.4 is 0 Å². The fourth-order valence-corrected chi connectivity index (χ4v) is 3.07. The highest BCUT2D eigenvalue weighted by Crippen LogP contribution is 2.34. The minimum absolute atomic E-state index is 0.259. The van der Waals surface area contributed by atoms with Crippen molar-refractivity contribution >= 4 is 16.6 Å². The molecule has 0 radical (unpaired) electrons. The first-order valence-electron chi connectivity index (χ1n) is 7.33. The normalized spacial score (nSPS) is 12.4. The predicted octanol–water partition coefficient (Wildman–Crippen LogP) is 3.30. The lowest BCUT2D eigenvalue weighted by atomic mass is 10.00. The Hall–Kier alpha value is -2.83. The minimum atomic E-state index is -2.24. The summed E-state index contributed by atoms with van der Waals surface area (Å²) in [4.78, 5) is 0.259. The number of nitrogens with zero attached hydrogens (tertiary/aromatic N) is 3. The van der Waals surface area contributed by atoms with Crippen molar-refractivity contribution in [2.24, 2.45) is 0 Å². The quantitative estimate of drug-likeness (QED) is 0.539. The summed E-state index contributed by atoms with van der Waals surface area (Å²) in [7, 11) is 0. The summed E-state index contributed by atoms with van der Waals surface area (Å²) >= 11 is -2.24. The Kier molecular flexibility index (Phi) is 3.68. The number of aromatic nitrogens is 3. The van der Waals surface area contributed by atoms with Crippen LogP contribution in [0.15, 0.2) is 77.8 Å². The zero-order chi connectivity index (χ0) is 16.5. The number of hydrogen-bond donors (Lipinski definition) is 0. The highest BCUT2D eigenvalue weighted by Gasteiger charge is 2.16. The van der Waals surface area contributed by atoms with Crippen LogP contribution in [0.25, 0.3) is 27.9 Å². The second-order valence-corrected chi connectivity index (χ2v) is 6.19. The third kappa shape index (κ3) is 2.51. The molecule has 2 aromatic carbocycles. The Morgan fingerprint density at radius 3 is 2.33 bits per heavy atom. The van der Waals surface area contributed by atoms with E-state index in [4.69, 9.17) is 0 Å². The van der Waals surface area contributed by atoms with Crippen molar-refractivity contribution in [2.75, 3.05) is 0 Å². The van der Waals surface area contributed by atoms with Gasteiger partial charge in [0.25, 0.3) is 0 Å². The van der Waals surface area contributed by atoms with E-state index in [9.17, 15) is 8.76 Å². The molecule has 24 heavy (non-hydrogen) atoms. The lowest BCUT2D eigenvalue weighted by Gasteiger charge is -2.07. The molecule has 5 nitrogen and oxygen atoms in total. The van der Waals surface area contributed by atoms with E-state index in [2.05, 4.69) is 10.2 Å². The first-order chi connectivity index (χ1) is 11.7. The molecular weight excluding hydrogens is 322 g/mol. The highest BCUT2D eigenvalue weighted by molar-refractivity contribution is 7.79. The lowest BCUT2D eigenvalue weighted by molar-refractivity contribution is 0.537. The van der Waals surface area contributed by atoms with Crippen LogP contribution in [0.2, 0.25) is 0 Å². The summed E-state index contributed by atoms with van der Waals surface area (Å²) in [5, 5.41) is 8.87. The Bertz CT molecular complexity index is 1030. The summed E-state index contributed by atoms with van der Waals surface area (Å²) in [5.41, 5.74) is 4.48. The fourth-order valence-electron chi connectivity index (χ4n) is 2.71. The fraction of sp³-hybridized carbons (Fsp3) is 0. The van der Waals surface area contributed by atoms with Crippen LogP contribution >= 0.6 is 0 Å². The Balaban J connectivity index is 1.97. The second-order valence-electron chi connectivity index (χ2n) is 5.25. The van der Waals surface area contributed by atoms with Crippen molar-refractivity contribution in [2.45, 2.75) is 4.90 Å². The van der Waals surface area contributed by atoms with Gasteiger partial charge in [-0.05, 0) is 40.9 Å². The van der Waals surface area contributed by atoms with Gasteiger partial charge in [-0.3, -0.25) is 4.21 Å². The molecule has 4 aromatic rings. The zero-order valence-electron chi connectivity index (χ0n) is 12.5. The van der Waals surface area contributed by atoms with Gasteiger partial charge >= 0.3 is 0 Å². The van der Waals surface area contributed by atoms with Crippen LogP contribution in [-0.2, 0) is 11.1 Å². The zero-order valence-corrected chi connectivity index (χ0v) is 13.3. The second kappa shape index (κ2) is 5.99. The molecule has 0 saturated heterocycles. The van der Waals surface area contributed by atoms with Gasteiger partial charge < -0.3 is 4.55 Å². The Morgan fingerprint density at radius 1 is 0.875 bits per heavy atom. The average Bonchev–Trinajstić information content (AvgIpc) is 3.02. The molecule has 6 heteroatoms.